The van der Waals surface area contributed by atoms with Crippen LogP contribution in [0.15, 0.2) is 42.5 Å². The smallest absolute Gasteiger partial charge is 0.141 e. The molecule has 0 saturated carbocycles. The molecular formula is C19H22ClNO. The predicted octanol–water partition coefficient (Wildman–Crippen LogP) is 4.69. The zero-order valence-electron chi connectivity index (χ0n) is 12.9. The molecule has 2 aromatic rings. The van der Waals surface area contributed by atoms with Crippen LogP contribution in [-0.4, -0.2) is 13.1 Å². The van der Waals surface area contributed by atoms with Crippen LogP contribution in [0.1, 0.15) is 35.4 Å². The first kappa shape index (κ1) is 15.4. The first-order valence-corrected chi connectivity index (χ1v) is 8.29. The summed E-state index contributed by atoms with van der Waals surface area (Å²) in [7, 11) is 0. The van der Waals surface area contributed by atoms with E-state index in [9.17, 15) is 0 Å². The molecule has 0 radical (unpaired) electrons. The topological polar surface area (TPSA) is 21.3 Å². The molecule has 2 aromatic carbocycles. The van der Waals surface area contributed by atoms with Crippen LogP contribution in [0.5, 0.6) is 5.75 Å². The highest BCUT2D eigenvalue weighted by molar-refractivity contribution is 6.32. The third kappa shape index (κ3) is 3.63. The molecule has 22 heavy (non-hydrogen) atoms. The van der Waals surface area contributed by atoms with E-state index in [-0.39, 0.29) is 0 Å². The molecule has 116 valence electrons. The van der Waals surface area contributed by atoms with Gasteiger partial charge in [-0.3, -0.25) is 0 Å². The average molecular weight is 316 g/mol. The molecule has 1 aliphatic heterocycles. The fourth-order valence-electron chi connectivity index (χ4n) is 3.06. The minimum absolute atomic E-state index is 0.550. The van der Waals surface area contributed by atoms with Crippen LogP contribution in [0.3, 0.4) is 0 Å². The van der Waals surface area contributed by atoms with Crippen LogP contribution in [0.25, 0.3) is 0 Å². The minimum atomic E-state index is 0.550. The molecule has 1 heterocycles. The van der Waals surface area contributed by atoms with Gasteiger partial charge in [0.25, 0.3) is 0 Å². The van der Waals surface area contributed by atoms with Gasteiger partial charge in [0.1, 0.15) is 12.4 Å². The number of hydrogen-bond donors (Lipinski definition) is 1. The van der Waals surface area contributed by atoms with E-state index < -0.39 is 0 Å². The standard InChI is InChI=1S/C19H22ClNO/c1-14-11-17(16-7-9-21-10-8-16)12-18(20)19(14)22-13-15-5-3-2-4-6-15/h2-6,11-12,16,21H,7-10,13H2,1H3. The fraction of sp³-hybridized carbons (Fsp3) is 0.368. The van der Waals surface area contributed by atoms with Gasteiger partial charge in [0.15, 0.2) is 0 Å². The zero-order chi connectivity index (χ0) is 15.4. The summed E-state index contributed by atoms with van der Waals surface area (Å²) in [6.45, 7) is 4.81. The third-order valence-electron chi connectivity index (χ3n) is 4.29. The van der Waals surface area contributed by atoms with E-state index in [0.717, 1.165) is 35.0 Å². The van der Waals surface area contributed by atoms with Gasteiger partial charge >= 0.3 is 0 Å². The van der Waals surface area contributed by atoms with Crippen LogP contribution >= 0.6 is 11.6 Å². The van der Waals surface area contributed by atoms with Gasteiger partial charge in [0.2, 0.25) is 0 Å². The van der Waals surface area contributed by atoms with Crippen molar-refractivity contribution in [2.45, 2.75) is 32.3 Å². The van der Waals surface area contributed by atoms with Gasteiger partial charge in [-0.25, -0.2) is 0 Å². The van der Waals surface area contributed by atoms with Crippen molar-refractivity contribution < 1.29 is 4.74 Å². The van der Waals surface area contributed by atoms with Gasteiger partial charge in [-0.2, -0.15) is 0 Å². The van der Waals surface area contributed by atoms with Crippen molar-refractivity contribution in [3.63, 3.8) is 0 Å². The maximum Gasteiger partial charge on any atom is 0.141 e. The van der Waals surface area contributed by atoms with Gasteiger partial charge in [0, 0.05) is 0 Å². The Balaban J connectivity index is 1.74. The van der Waals surface area contributed by atoms with Gasteiger partial charge in [0.05, 0.1) is 5.02 Å². The quantitative estimate of drug-likeness (QED) is 0.883. The summed E-state index contributed by atoms with van der Waals surface area (Å²) in [5, 5.41) is 4.13. The summed E-state index contributed by atoms with van der Waals surface area (Å²) in [6.07, 6.45) is 2.36. The molecular weight excluding hydrogens is 294 g/mol. The van der Waals surface area contributed by atoms with E-state index in [2.05, 4.69) is 36.5 Å². The predicted molar refractivity (Wildman–Crippen MR) is 91.8 cm³/mol. The van der Waals surface area contributed by atoms with Crippen molar-refractivity contribution in [1.82, 2.24) is 5.32 Å². The molecule has 3 rings (SSSR count). The molecule has 0 aliphatic carbocycles. The van der Waals surface area contributed by atoms with Crippen molar-refractivity contribution in [2.24, 2.45) is 0 Å². The zero-order valence-corrected chi connectivity index (χ0v) is 13.7. The SMILES string of the molecule is Cc1cc(C2CCNCC2)cc(Cl)c1OCc1ccccc1. The van der Waals surface area contributed by atoms with Crippen molar-refractivity contribution in [2.75, 3.05) is 13.1 Å². The molecule has 0 bridgehead atoms. The van der Waals surface area contributed by atoms with Crippen LogP contribution in [0.2, 0.25) is 5.02 Å². The molecule has 1 fully saturated rings. The lowest BCUT2D eigenvalue weighted by molar-refractivity contribution is 0.304. The Morgan fingerprint density at radius 3 is 2.55 bits per heavy atom. The molecule has 0 atom stereocenters. The molecule has 3 heteroatoms. The molecule has 1 aliphatic rings. The molecule has 0 amide bonds. The number of nitrogens with one attached hydrogen (secondary N) is 1. The third-order valence-corrected chi connectivity index (χ3v) is 4.57. The summed E-state index contributed by atoms with van der Waals surface area (Å²) in [5.41, 5.74) is 3.62. The van der Waals surface area contributed by atoms with Crippen LogP contribution in [0.4, 0.5) is 0 Å². The largest absolute Gasteiger partial charge is 0.487 e. The maximum atomic E-state index is 6.48. The van der Waals surface area contributed by atoms with E-state index in [1.54, 1.807) is 0 Å². The molecule has 0 aromatic heterocycles. The van der Waals surface area contributed by atoms with E-state index in [4.69, 9.17) is 16.3 Å². The number of ether oxygens (including phenoxy) is 1. The Morgan fingerprint density at radius 2 is 1.86 bits per heavy atom. The highest BCUT2D eigenvalue weighted by Crippen LogP contribution is 2.35. The van der Waals surface area contributed by atoms with Crippen LogP contribution in [0, 0.1) is 6.92 Å². The number of rotatable bonds is 4. The van der Waals surface area contributed by atoms with E-state index in [0.29, 0.717) is 12.5 Å². The average Bonchev–Trinajstić information content (AvgIpc) is 2.56. The number of hydrogen-bond acceptors (Lipinski definition) is 2. The van der Waals surface area contributed by atoms with Crippen molar-refractivity contribution in [1.29, 1.82) is 0 Å². The molecule has 2 nitrogen and oxygen atoms in total. The highest BCUT2D eigenvalue weighted by atomic mass is 35.5. The Labute approximate surface area is 137 Å². The maximum absolute atomic E-state index is 6.48. The Bertz CT molecular complexity index is 598. The fourth-order valence-corrected chi connectivity index (χ4v) is 3.39. The number of benzene rings is 2. The summed E-state index contributed by atoms with van der Waals surface area (Å²) in [5.74, 6) is 1.42. The van der Waals surface area contributed by atoms with Crippen LogP contribution in [-0.2, 0) is 6.61 Å². The molecule has 1 saturated heterocycles. The Kier molecular flexibility index (Phi) is 5.01. The Hall–Kier alpha value is -1.51. The number of piperidine rings is 1. The van der Waals surface area contributed by atoms with Gasteiger partial charge in [-0.05, 0) is 61.5 Å². The van der Waals surface area contributed by atoms with E-state index in [1.165, 1.54) is 18.4 Å². The second kappa shape index (κ2) is 7.17. The Morgan fingerprint density at radius 1 is 1.14 bits per heavy atom. The van der Waals surface area contributed by atoms with E-state index >= 15 is 0 Å². The lowest BCUT2D eigenvalue weighted by atomic mass is 9.89. The van der Waals surface area contributed by atoms with E-state index in [1.807, 2.05) is 18.2 Å². The van der Waals surface area contributed by atoms with Gasteiger partial charge < -0.3 is 10.1 Å². The van der Waals surface area contributed by atoms with Crippen molar-refractivity contribution in [3.8, 4) is 5.75 Å². The second-order valence-corrected chi connectivity index (χ2v) is 6.35. The lowest BCUT2D eigenvalue weighted by Gasteiger charge is -2.24. The summed E-state index contributed by atoms with van der Waals surface area (Å²) < 4.78 is 5.95. The highest BCUT2D eigenvalue weighted by Gasteiger charge is 2.18. The van der Waals surface area contributed by atoms with Gasteiger partial charge in [-0.15, -0.1) is 0 Å². The first-order chi connectivity index (χ1) is 10.7. The van der Waals surface area contributed by atoms with Crippen LogP contribution < -0.4 is 10.1 Å². The summed E-state index contributed by atoms with van der Waals surface area (Å²) >= 11 is 6.48. The molecule has 0 unspecified atom stereocenters. The number of aryl methyl sites for hydroxylation is 1. The number of halogens is 1. The summed E-state index contributed by atoms with van der Waals surface area (Å²) in [6, 6.07) is 14.5. The molecule has 1 N–H and O–H groups in total. The first-order valence-electron chi connectivity index (χ1n) is 7.91. The van der Waals surface area contributed by atoms with Crippen molar-refractivity contribution in [3.05, 3.63) is 64.2 Å². The lowest BCUT2D eigenvalue weighted by Crippen LogP contribution is -2.26. The monoisotopic (exact) mass is 315 g/mol. The second-order valence-electron chi connectivity index (χ2n) is 5.95. The van der Waals surface area contributed by atoms with Gasteiger partial charge in [-0.1, -0.05) is 48.0 Å². The van der Waals surface area contributed by atoms with Crippen molar-refractivity contribution >= 4 is 11.6 Å². The normalized spacial score (nSPS) is 15.7. The minimum Gasteiger partial charge on any atom is -0.487 e. The molecule has 0 spiro atoms. The summed E-state index contributed by atoms with van der Waals surface area (Å²) in [4.78, 5) is 0.